The van der Waals surface area contributed by atoms with Gasteiger partial charge in [-0.15, -0.1) is 0 Å². The normalized spacial score (nSPS) is 36.8. The second kappa shape index (κ2) is 2.49. The Bertz CT molecular complexity index is 56.8. The van der Waals surface area contributed by atoms with Crippen molar-refractivity contribution >= 4 is 0 Å². The topological polar surface area (TPSA) is 9.23 Å². The molecule has 0 aromatic heterocycles. The van der Waals surface area contributed by atoms with E-state index in [-0.39, 0.29) is 0 Å². The van der Waals surface area contributed by atoms with Crippen molar-refractivity contribution in [3.63, 3.8) is 0 Å². The molecule has 0 aliphatic carbocycles. The minimum atomic E-state index is 0.597. The van der Waals surface area contributed by atoms with E-state index in [0.29, 0.717) is 6.10 Å². The summed E-state index contributed by atoms with van der Waals surface area (Å²) in [4.78, 5) is 0. The highest BCUT2D eigenvalue weighted by atomic mass is 16.5. The van der Waals surface area contributed by atoms with Gasteiger partial charge in [-0.05, 0) is 12.8 Å². The summed E-state index contributed by atoms with van der Waals surface area (Å²) in [5.41, 5.74) is 0. The molecule has 1 saturated heterocycles. The minimum absolute atomic E-state index is 0.597. The van der Waals surface area contributed by atoms with Gasteiger partial charge in [0, 0.05) is 5.92 Å². The van der Waals surface area contributed by atoms with Crippen LogP contribution in [0.1, 0.15) is 26.7 Å². The highest BCUT2D eigenvalue weighted by Gasteiger charge is 2.27. The first-order valence-corrected chi connectivity index (χ1v) is 3.50. The highest BCUT2D eigenvalue weighted by Crippen LogP contribution is 2.25. The maximum Gasteiger partial charge on any atom is 0.0622 e. The SMILES string of the molecule is CCC1COC1CC. The van der Waals surface area contributed by atoms with Crippen LogP contribution >= 0.6 is 0 Å². The lowest BCUT2D eigenvalue weighted by Gasteiger charge is -2.35. The van der Waals surface area contributed by atoms with E-state index in [4.69, 9.17) is 4.74 Å². The summed E-state index contributed by atoms with van der Waals surface area (Å²) in [7, 11) is 0. The standard InChI is InChI=1S/C7H14O/c1-3-6-5-8-7(6)4-2/h6-7H,3-5H2,1-2H3. The zero-order chi connectivity index (χ0) is 5.98. The molecule has 0 radical (unpaired) electrons. The smallest absolute Gasteiger partial charge is 0.0622 e. The van der Waals surface area contributed by atoms with Gasteiger partial charge in [0.25, 0.3) is 0 Å². The summed E-state index contributed by atoms with van der Waals surface area (Å²) in [5.74, 6) is 0.875. The van der Waals surface area contributed by atoms with Gasteiger partial charge in [0.15, 0.2) is 0 Å². The molecule has 48 valence electrons. The molecule has 0 bridgehead atoms. The van der Waals surface area contributed by atoms with Crippen LogP contribution < -0.4 is 0 Å². The molecule has 2 unspecified atom stereocenters. The van der Waals surface area contributed by atoms with Crippen LogP contribution in [0.3, 0.4) is 0 Å². The number of ether oxygens (including phenoxy) is 1. The molecule has 0 aromatic rings. The van der Waals surface area contributed by atoms with E-state index in [1.807, 2.05) is 0 Å². The van der Waals surface area contributed by atoms with E-state index in [2.05, 4.69) is 13.8 Å². The first kappa shape index (κ1) is 6.09. The number of hydrogen-bond acceptors (Lipinski definition) is 1. The van der Waals surface area contributed by atoms with E-state index >= 15 is 0 Å². The van der Waals surface area contributed by atoms with Gasteiger partial charge < -0.3 is 4.74 Å². The van der Waals surface area contributed by atoms with E-state index in [1.165, 1.54) is 12.8 Å². The van der Waals surface area contributed by atoms with Crippen LogP contribution in [0.25, 0.3) is 0 Å². The predicted molar refractivity (Wildman–Crippen MR) is 33.8 cm³/mol. The number of hydrogen-bond donors (Lipinski definition) is 0. The van der Waals surface area contributed by atoms with Crippen molar-refractivity contribution in [1.29, 1.82) is 0 Å². The van der Waals surface area contributed by atoms with Crippen molar-refractivity contribution in [2.24, 2.45) is 5.92 Å². The van der Waals surface area contributed by atoms with E-state index in [1.54, 1.807) is 0 Å². The van der Waals surface area contributed by atoms with Gasteiger partial charge >= 0.3 is 0 Å². The Labute approximate surface area is 51.0 Å². The van der Waals surface area contributed by atoms with Crippen molar-refractivity contribution in [3.8, 4) is 0 Å². The molecule has 0 N–H and O–H groups in total. The lowest BCUT2D eigenvalue weighted by atomic mass is 9.93. The van der Waals surface area contributed by atoms with Gasteiger partial charge in [-0.2, -0.15) is 0 Å². The summed E-state index contributed by atoms with van der Waals surface area (Å²) in [6.45, 7) is 5.43. The Kier molecular flexibility index (Phi) is 1.90. The fourth-order valence-corrected chi connectivity index (χ4v) is 1.20. The van der Waals surface area contributed by atoms with Gasteiger partial charge in [-0.3, -0.25) is 0 Å². The lowest BCUT2D eigenvalue weighted by molar-refractivity contribution is -0.116. The fourth-order valence-electron chi connectivity index (χ4n) is 1.20. The molecule has 1 rings (SSSR count). The summed E-state index contributed by atoms with van der Waals surface area (Å²) in [6, 6.07) is 0. The molecule has 1 heterocycles. The third kappa shape index (κ3) is 0.873. The van der Waals surface area contributed by atoms with E-state index < -0.39 is 0 Å². The summed E-state index contributed by atoms with van der Waals surface area (Å²) in [6.07, 6.45) is 3.08. The zero-order valence-corrected chi connectivity index (χ0v) is 5.68. The maximum atomic E-state index is 5.28. The summed E-state index contributed by atoms with van der Waals surface area (Å²) < 4.78 is 5.28. The minimum Gasteiger partial charge on any atom is -0.377 e. The first-order chi connectivity index (χ1) is 3.88. The van der Waals surface area contributed by atoms with Gasteiger partial charge in [0.05, 0.1) is 12.7 Å². The summed E-state index contributed by atoms with van der Waals surface area (Å²) >= 11 is 0. The first-order valence-electron chi connectivity index (χ1n) is 3.50. The monoisotopic (exact) mass is 114 g/mol. The molecule has 8 heavy (non-hydrogen) atoms. The highest BCUT2D eigenvalue weighted by molar-refractivity contribution is 4.75. The molecule has 0 amide bonds. The van der Waals surface area contributed by atoms with Crippen LogP contribution in [0.15, 0.2) is 0 Å². The van der Waals surface area contributed by atoms with Crippen molar-refractivity contribution in [1.82, 2.24) is 0 Å². The van der Waals surface area contributed by atoms with Crippen LogP contribution in [-0.4, -0.2) is 12.7 Å². The molecule has 1 aliphatic heterocycles. The molecule has 1 fully saturated rings. The van der Waals surface area contributed by atoms with Gasteiger partial charge in [-0.25, -0.2) is 0 Å². The van der Waals surface area contributed by atoms with Gasteiger partial charge in [0.2, 0.25) is 0 Å². The Hall–Kier alpha value is -0.0400. The largest absolute Gasteiger partial charge is 0.377 e. The zero-order valence-electron chi connectivity index (χ0n) is 5.68. The lowest BCUT2D eigenvalue weighted by Crippen LogP contribution is -2.38. The second-order valence-corrected chi connectivity index (χ2v) is 2.45. The van der Waals surface area contributed by atoms with Crippen LogP contribution in [-0.2, 0) is 4.74 Å². The Balaban J connectivity index is 2.16. The third-order valence-electron chi connectivity index (χ3n) is 1.98. The average Bonchev–Trinajstić information content (AvgIpc) is 1.66. The Morgan fingerprint density at radius 3 is 2.25 bits per heavy atom. The molecule has 1 nitrogen and oxygen atoms in total. The maximum absolute atomic E-state index is 5.28. The van der Waals surface area contributed by atoms with Crippen LogP contribution in [0, 0.1) is 5.92 Å². The molecule has 1 heteroatoms. The van der Waals surface area contributed by atoms with E-state index in [9.17, 15) is 0 Å². The molecule has 0 saturated carbocycles. The molecule has 0 aromatic carbocycles. The van der Waals surface area contributed by atoms with Crippen molar-refractivity contribution in [2.45, 2.75) is 32.8 Å². The Morgan fingerprint density at radius 1 is 1.38 bits per heavy atom. The summed E-state index contributed by atoms with van der Waals surface area (Å²) in [5, 5.41) is 0. The molecule has 0 spiro atoms. The molecular formula is C7H14O. The molecule has 1 aliphatic rings. The average molecular weight is 114 g/mol. The van der Waals surface area contributed by atoms with Gasteiger partial charge in [-0.1, -0.05) is 13.8 Å². The van der Waals surface area contributed by atoms with Crippen molar-refractivity contribution < 1.29 is 4.74 Å². The second-order valence-electron chi connectivity index (χ2n) is 2.45. The van der Waals surface area contributed by atoms with Crippen molar-refractivity contribution in [3.05, 3.63) is 0 Å². The fraction of sp³-hybridized carbons (Fsp3) is 1.00. The van der Waals surface area contributed by atoms with Crippen molar-refractivity contribution in [2.75, 3.05) is 6.61 Å². The quantitative estimate of drug-likeness (QED) is 0.532. The van der Waals surface area contributed by atoms with Crippen LogP contribution in [0.4, 0.5) is 0 Å². The van der Waals surface area contributed by atoms with Crippen LogP contribution in [0.5, 0.6) is 0 Å². The predicted octanol–water partition coefficient (Wildman–Crippen LogP) is 1.82. The Morgan fingerprint density at radius 2 is 2.12 bits per heavy atom. The molecule has 2 atom stereocenters. The van der Waals surface area contributed by atoms with Gasteiger partial charge in [0.1, 0.15) is 0 Å². The van der Waals surface area contributed by atoms with E-state index in [0.717, 1.165) is 12.5 Å². The number of rotatable bonds is 2. The third-order valence-corrected chi connectivity index (χ3v) is 1.98. The van der Waals surface area contributed by atoms with Crippen LogP contribution in [0.2, 0.25) is 0 Å². The molecular weight excluding hydrogens is 100 g/mol.